The van der Waals surface area contributed by atoms with Gasteiger partial charge in [-0.05, 0) is 54.7 Å². The van der Waals surface area contributed by atoms with Gasteiger partial charge in [0.1, 0.15) is 5.01 Å². The predicted octanol–water partition coefficient (Wildman–Crippen LogP) is 6.04. The third-order valence-electron chi connectivity index (χ3n) is 8.76. The fourth-order valence-corrected chi connectivity index (χ4v) is 6.58. The molecule has 3 amide bonds. The van der Waals surface area contributed by atoms with Crippen LogP contribution in [0.25, 0.3) is 0 Å². The highest BCUT2D eigenvalue weighted by Crippen LogP contribution is 2.29. The van der Waals surface area contributed by atoms with Crippen LogP contribution in [0.3, 0.4) is 0 Å². The smallest absolute Gasteiger partial charge is 0.230 e. The number of benzene rings is 1. The second-order valence-corrected chi connectivity index (χ2v) is 13.5. The Hall–Kier alpha value is -4.77. The fourth-order valence-electron chi connectivity index (χ4n) is 5.78. The monoisotopic (exact) mass is 665 g/mol. The number of allylic oxidation sites excluding steroid dienone is 6. The third kappa shape index (κ3) is 10.6. The molecule has 0 fully saturated rings. The van der Waals surface area contributed by atoms with E-state index >= 15 is 0 Å². The molecule has 0 saturated heterocycles. The second kappa shape index (κ2) is 17.4. The maximum atomic E-state index is 12.9. The Bertz CT molecular complexity index is 1660. The summed E-state index contributed by atoms with van der Waals surface area (Å²) < 4.78 is 0. The number of unbranched alkanes of at least 4 members (excludes halogenated alkanes) is 1. The largest absolute Gasteiger partial charge is 0.355 e. The normalized spacial score (nSPS) is 19.8. The molecule has 4 atom stereocenters. The SMILES string of the molecule is CC1C=CC=CC1CC(=O)NCC1C=CC=C(CC(=O)Nc2nnc(CCCCc3ccc(NC(=O)Cc4ccccc4)nn3)s2)C1C. The number of aryl methyl sites for hydroxylation is 2. The van der Waals surface area contributed by atoms with E-state index in [1.165, 1.54) is 11.3 Å². The minimum atomic E-state index is -0.129. The van der Waals surface area contributed by atoms with Gasteiger partial charge in [0.05, 0.1) is 12.1 Å². The average molecular weight is 666 g/mol. The third-order valence-corrected chi connectivity index (χ3v) is 9.66. The van der Waals surface area contributed by atoms with Gasteiger partial charge in [0, 0.05) is 31.7 Å². The van der Waals surface area contributed by atoms with E-state index in [1.807, 2.05) is 60.7 Å². The molecule has 0 spiro atoms. The molecule has 0 aliphatic heterocycles. The maximum absolute atomic E-state index is 12.9. The molecular formula is C37H43N7O3S. The quantitative estimate of drug-likeness (QED) is 0.168. The molecule has 2 aromatic heterocycles. The van der Waals surface area contributed by atoms with E-state index in [0.717, 1.165) is 47.5 Å². The summed E-state index contributed by atoms with van der Waals surface area (Å²) >= 11 is 1.39. The fraction of sp³-hybridized carbons (Fsp3) is 0.378. The summed E-state index contributed by atoms with van der Waals surface area (Å²) in [5.41, 5.74) is 2.83. The van der Waals surface area contributed by atoms with Gasteiger partial charge in [0.2, 0.25) is 22.9 Å². The number of carbonyl (C=O) groups excluding carboxylic acids is 3. The van der Waals surface area contributed by atoms with Gasteiger partial charge in [-0.2, -0.15) is 5.10 Å². The van der Waals surface area contributed by atoms with Gasteiger partial charge < -0.3 is 16.0 Å². The lowest BCUT2D eigenvalue weighted by Gasteiger charge is -2.27. The van der Waals surface area contributed by atoms with Crippen molar-refractivity contribution in [1.82, 2.24) is 25.7 Å². The van der Waals surface area contributed by atoms with Crippen LogP contribution in [0.15, 0.2) is 90.6 Å². The van der Waals surface area contributed by atoms with E-state index in [9.17, 15) is 14.4 Å². The van der Waals surface area contributed by atoms with E-state index in [4.69, 9.17) is 0 Å². The highest BCUT2D eigenvalue weighted by Gasteiger charge is 2.25. The minimum Gasteiger partial charge on any atom is -0.355 e. The molecule has 0 bridgehead atoms. The first-order chi connectivity index (χ1) is 23.3. The van der Waals surface area contributed by atoms with Crippen LogP contribution >= 0.6 is 11.3 Å². The van der Waals surface area contributed by atoms with Crippen molar-refractivity contribution in [2.75, 3.05) is 17.2 Å². The average Bonchev–Trinajstić information content (AvgIpc) is 3.52. The lowest BCUT2D eigenvalue weighted by Crippen LogP contribution is -2.34. The Morgan fingerprint density at radius 3 is 2.31 bits per heavy atom. The van der Waals surface area contributed by atoms with Crippen molar-refractivity contribution in [3.8, 4) is 0 Å². The lowest BCUT2D eigenvalue weighted by atomic mass is 9.81. The Labute approximate surface area is 285 Å². The molecule has 2 aliphatic rings. The van der Waals surface area contributed by atoms with Crippen LogP contribution in [0.5, 0.6) is 0 Å². The van der Waals surface area contributed by atoms with Crippen LogP contribution in [0.1, 0.15) is 55.8 Å². The van der Waals surface area contributed by atoms with Gasteiger partial charge in [0.15, 0.2) is 5.82 Å². The summed E-state index contributed by atoms with van der Waals surface area (Å²) in [7, 11) is 0. The number of hydrogen-bond donors (Lipinski definition) is 3. The van der Waals surface area contributed by atoms with Gasteiger partial charge >= 0.3 is 0 Å². The number of rotatable bonds is 15. The van der Waals surface area contributed by atoms with Crippen LogP contribution in [0, 0.1) is 23.7 Å². The summed E-state index contributed by atoms with van der Waals surface area (Å²) in [4.78, 5) is 37.7. The Morgan fingerprint density at radius 2 is 1.52 bits per heavy atom. The zero-order valence-corrected chi connectivity index (χ0v) is 28.3. The Morgan fingerprint density at radius 1 is 0.750 bits per heavy atom. The zero-order chi connectivity index (χ0) is 33.7. The second-order valence-electron chi connectivity index (χ2n) is 12.4. The summed E-state index contributed by atoms with van der Waals surface area (Å²) in [5.74, 6) is 1.07. The number of carbonyl (C=O) groups is 3. The number of anilines is 2. The van der Waals surface area contributed by atoms with Crippen molar-refractivity contribution in [2.45, 2.75) is 58.8 Å². The number of nitrogens with one attached hydrogen (secondary N) is 3. The Balaban J connectivity index is 0.977. The highest BCUT2D eigenvalue weighted by atomic mass is 32.1. The molecule has 0 radical (unpaired) electrons. The standard InChI is InChI=1S/C37H43N7O3S/c1-25-11-6-7-14-28(25)22-33(45)38-24-30-16-10-15-29(26(30)2)23-35(47)40-37-44-43-36(48-37)18-9-8-17-31-19-20-32(42-41-31)39-34(46)21-27-12-4-3-5-13-27/h3-7,10-16,19-20,25-26,28,30H,8-9,17-18,21-24H2,1-2H3,(H,38,45)(H,39,42,46)(H,40,44,47). The van der Waals surface area contributed by atoms with E-state index in [1.54, 1.807) is 6.07 Å². The molecule has 2 heterocycles. The highest BCUT2D eigenvalue weighted by molar-refractivity contribution is 7.15. The first-order valence-corrected chi connectivity index (χ1v) is 17.4. The van der Waals surface area contributed by atoms with Crippen molar-refractivity contribution in [1.29, 1.82) is 0 Å². The van der Waals surface area contributed by atoms with Crippen molar-refractivity contribution in [3.63, 3.8) is 0 Å². The summed E-state index contributed by atoms with van der Waals surface area (Å²) in [6, 6.07) is 13.2. The molecule has 2 aliphatic carbocycles. The predicted molar refractivity (Wildman–Crippen MR) is 189 cm³/mol. The van der Waals surface area contributed by atoms with E-state index < -0.39 is 0 Å². The number of amides is 3. The number of nitrogens with zero attached hydrogens (tertiary/aromatic N) is 4. The zero-order valence-electron chi connectivity index (χ0n) is 27.5. The van der Waals surface area contributed by atoms with E-state index in [0.29, 0.717) is 29.8 Å². The van der Waals surface area contributed by atoms with Crippen LogP contribution < -0.4 is 16.0 Å². The van der Waals surface area contributed by atoms with Crippen molar-refractivity contribution < 1.29 is 14.4 Å². The van der Waals surface area contributed by atoms with Crippen LogP contribution in [-0.2, 0) is 33.6 Å². The lowest BCUT2D eigenvalue weighted by molar-refractivity contribution is -0.122. The number of hydrogen-bond acceptors (Lipinski definition) is 8. The summed E-state index contributed by atoms with van der Waals surface area (Å²) in [6.45, 7) is 4.78. The van der Waals surface area contributed by atoms with Crippen LogP contribution in [0.2, 0.25) is 0 Å². The maximum Gasteiger partial charge on any atom is 0.230 e. The van der Waals surface area contributed by atoms with E-state index in [2.05, 4.69) is 68.4 Å². The van der Waals surface area contributed by atoms with Crippen LogP contribution in [-0.4, -0.2) is 44.7 Å². The molecule has 3 aromatic rings. The molecule has 4 unspecified atom stereocenters. The van der Waals surface area contributed by atoms with Gasteiger partial charge in [-0.3, -0.25) is 14.4 Å². The molecule has 10 nitrogen and oxygen atoms in total. The topological polar surface area (TPSA) is 139 Å². The molecule has 11 heteroatoms. The first-order valence-electron chi connectivity index (χ1n) is 16.6. The van der Waals surface area contributed by atoms with Gasteiger partial charge in [0.25, 0.3) is 0 Å². The van der Waals surface area contributed by atoms with E-state index in [-0.39, 0.29) is 48.3 Å². The minimum absolute atomic E-state index is 0.0534. The van der Waals surface area contributed by atoms with Crippen molar-refractivity contribution in [3.05, 3.63) is 107 Å². The number of aromatic nitrogens is 4. The van der Waals surface area contributed by atoms with Gasteiger partial charge in [-0.25, -0.2) is 0 Å². The first kappa shape index (κ1) is 34.6. The molecule has 0 saturated carbocycles. The molecule has 48 heavy (non-hydrogen) atoms. The van der Waals surface area contributed by atoms with Crippen LogP contribution in [0.4, 0.5) is 10.9 Å². The summed E-state index contributed by atoms with van der Waals surface area (Å²) in [5, 5.41) is 27.0. The Kier molecular flexibility index (Phi) is 12.5. The summed E-state index contributed by atoms with van der Waals surface area (Å²) in [6.07, 6.45) is 18.7. The van der Waals surface area contributed by atoms with Gasteiger partial charge in [-0.1, -0.05) is 104 Å². The molecule has 1 aromatic carbocycles. The molecule has 5 rings (SSSR count). The molecular weight excluding hydrogens is 623 g/mol. The van der Waals surface area contributed by atoms with Gasteiger partial charge in [-0.15, -0.1) is 15.3 Å². The van der Waals surface area contributed by atoms with Crippen molar-refractivity contribution in [2.24, 2.45) is 23.7 Å². The molecule has 3 N–H and O–H groups in total. The molecule has 250 valence electrons. The van der Waals surface area contributed by atoms with Crippen molar-refractivity contribution >= 4 is 40.0 Å².